The summed E-state index contributed by atoms with van der Waals surface area (Å²) in [5.41, 5.74) is 0.723. The summed E-state index contributed by atoms with van der Waals surface area (Å²) in [7, 11) is 1.68. The van der Waals surface area contributed by atoms with Gasteiger partial charge in [-0.1, -0.05) is 0 Å². The fourth-order valence-corrected chi connectivity index (χ4v) is 1.97. The summed E-state index contributed by atoms with van der Waals surface area (Å²) in [6.07, 6.45) is 2.69. The van der Waals surface area contributed by atoms with E-state index < -0.39 is 5.97 Å². The molecule has 8 nitrogen and oxygen atoms in total. The molecule has 100 valence electrons. The maximum Gasteiger partial charge on any atom is 0.339 e. The number of aromatic carboxylic acids is 1. The average molecular weight is 270 g/mol. The molecule has 0 bridgehead atoms. The summed E-state index contributed by atoms with van der Waals surface area (Å²) in [4.78, 5) is 16.8. The molecule has 0 aromatic carbocycles. The first-order chi connectivity index (χ1) is 9.60. The molecule has 0 aliphatic heterocycles. The van der Waals surface area contributed by atoms with E-state index in [2.05, 4.69) is 10.1 Å². The minimum atomic E-state index is -1.17. The Kier molecular flexibility index (Phi) is 3.49. The van der Waals surface area contributed by atoms with Crippen LogP contribution in [0.5, 0.6) is 0 Å². The lowest BCUT2D eigenvalue weighted by Gasteiger charge is -2.20. The molecule has 1 N–H and O–H groups in total. The number of carbonyl (C=O) groups is 1. The van der Waals surface area contributed by atoms with Gasteiger partial charge in [0.2, 0.25) is 0 Å². The molecule has 20 heavy (non-hydrogen) atoms. The van der Waals surface area contributed by atoms with Crippen molar-refractivity contribution in [2.45, 2.75) is 0 Å². The number of nitrogens with zero attached hydrogens (tertiary/aromatic N) is 6. The number of carboxylic acids is 1. The lowest BCUT2D eigenvalue weighted by molar-refractivity contribution is 0.0697. The van der Waals surface area contributed by atoms with Gasteiger partial charge in [0.25, 0.3) is 0 Å². The molecule has 0 unspecified atom stereocenters. The predicted molar refractivity (Wildman–Crippen MR) is 68.9 cm³/mol. The summed E-state index contributed by atoms with van der Waals surface area (Å²) in [5, 5.41) is 31.5. The standard InChI is InChI=1S/C12H10N6O2/c1-17-11-8(7-16-17)10(9(6-15-11)12(19)20)18(4-2-13)5-3-14/h6-7H,4-5H2,1H3,(H,19,20). The number of carboxylic acid groups (broad SMARTS) is 1. The number of aryl methyl sites for hydroxylation is 1. The summed E-state index contributed by atoms with van der Waals surface area (Å²) in [5.74, 6) is -1.17. The van der Waals surface area contributed by atoms with Gasteiger partial charge in [-0.2, -0.15) is 15.6 Å². The molecular weight excluding hydrogens is 260 g/mol. The molecule has 8 heteroatoms. The Morgan fingerprint density at radius 1 is 1.40 bits per heavy atom. The third kappa shape index (κ3) is 2.10. The van der Waals surface area contributed by atoms with Crippen LogP contribution in [0.4, 0.5) is 5.69 Å². The highest BCUT2D eigenvalue weighted by molar-refractivity contribution is 6.03. The van der Waals surface area contributed by atoms with Crippen LogP contribution in [0, 0.1) is 22.7 Å². The number of anilines is 1. The normalized spacial score (nSPS) is 9.95. The molecule has 2 heterocycles. The molecule has 0 atom stereocenters. The van der Waals surface area contributed by atoms with E-state index in [1.165, 1.54) is 22.0 Å². The van der Waals surface area contributed by atoms with Crippen LogP contribution in [0.1, 0.15) is 10.4 Å². The van der Waals surface area contributed by atoms with Crippen molar-refractivity contribution >= 4 is 22.7 Å². The maximum absolute atomic E-state index is 11.3. The van der Waals surface area contributed by atoms with Gasteiger partial charge in [-0.05, 0) is 0 Å². The van der Waals surface area contributed by atoms with Gasteiger partial charge < -0.3 is 10.0 Å². The van der Waals surface area contributed by atoms with Gasteiger partial charge in [0, 0.05) is 13.2 Å². The highest BCUT2D eigenvalue weighted by Gasteiger charge is 2.21. The molecule has 0 amide bonds. The number of aromatic nitrogens is 3. The number of hydrogen-bond donors (Lipinski definition) is 1. The number of fused-ring (bicyclic) bond motifs is 1. The number of pyridine rings is 1. The smallest absolute Gasteiger partial charge is 0.339 e. The Morgan fingerprint density at radius 3 is 2.60 bits per heavy atom. The molecule has 0 spiro atoms. The molecule has 2 rings (SSSR count). The van der Waals surface area contributed by atoms with Crippen LogP contribution >= 0.6 is 0 Å². The number of nitriles is 2. The zero-order chi connectivity index (χ0) is 14.7. The molecular formula is C12H10N6O2. The molecule has 2 aromatic heterocycles. The topological polar surface area (TPSA) is 119 Å². The lowest BCUT2D eigenvalue weighted by atomic mass is 10.1. The van der Waals surface area contributed by atoms with Crippen molar-refractivity contribution in [3.63, 3.8) is 0 Å². The van der Waals surface area contributed by atoms with E-state index in [1.807, 2.05) is 12.1 Å². The second-order valence-corrected chi connectivity index (χ2v) is 4.00. The molecule has 0 aliphatic rings. The minimum absolute atomic E-state index is 0.0593. The van der Waals surface area contributed by atoms with E-state index in [4.69, 9.17) is 10.5 Å². The largest absolute Gasteiger partial charge is 0.478 e. The van der Waals surface area contributed by atoms with Gasteiger partial charge in [-0.15, -0.1) is 0 Å². The van der Waals surface area contributed by atoms with Gasteiger partial charge in [0.1, 0.15) is 18.7 Å². The van der Waals surface area contributed by atoms with Gasteiger partial charge in [-0.25, -0.2) is 9.78 Å². The van der Waals surface area contributed by atoms with Crippen LogP contribution in [0.15, 0.2) is 12.4 Å². The van der Waals surface area contributed by atoms with Crippen LogP contribution in [-0.4, -0.2) is 38.9 Å². The fourth-order valence-electron chi connectivity index (χ4n) is 1.97. The second-order valence-electron chi connectivity index (χ2n) is 4.00. The molecule has 2 aromatic rings. The van der Waals surface area contributed by atoms with Crippen molar-refractivity contribution in [3.8, 4) is 12.1 Å². The maximum atomic E-state index is 11.3. The molecule has 0 saturated heterocycles. The van der Waals surface area contributed by atoms with Crippen molar-refractivity contribution in [2.75, 3.05) is 18.0 Å². The van der Waals surface area contributed by atoms with Crippen molar-refractivity contribution in [3.05, 3.63) is 18.0 Å². The Morgan fingerprint density at radius 2 is 2.05 bits per heavy atom. The summed E-state index contributed by atoms with van der Waals surface area (Å²) < 4.78 is 1.50. The number of rotatable bonds is 4. The monoisotopic (exact) mass is 270 g/mol. The quantitative estimate of drug-likeness (QED) is 0.804. The first-order valence-electron chi connectivity index (χ1n) is 5.63. The Hall–Kier alpha value is -3.13. The predicted octanol–water partition coefficient (Wildman–Crippen LogP) is 0.520. The van der Waals surface area contributed by atoms with Crippen molar-refractivity contribution < 1.29 is 9.90 Å². The van der Waals surface area contributed by atoms with Crippen molar-refractivity contribution in [1.29, 1.82) is 10.5 Å². The van der Waals surface area contributed by atoms with Crippen LogP contribution in [0.25, 0.3) is 11.0 Å². The van der Waals surface area contributed by atoms with E-state index in [9.17, 15) is 9.90 Å². The fraction of sp³-hybridized carbons (Fsp3) is 0.250. The number of hydrogen-bond acceptors (Lipinski definition) is 6. The summed E-state index contributed by atoms with van der Waals surface area (Å²) >= 11 is 0. The lowest BCUT2D eigenvalue weighted by Crippen LogP contribution is -2.26. The van der Waals surface area contributed by atoms with Crippen molar-refractivity contribution in [1.82, 2.24) is 14.8 Å². The van der Waals surface area contributed by atoms with Crippen LogP contribution in [0.3, 0.4) is 0 Å². The van der Waals surface area contributed by atoms with Crippen LogP contribution in [-0.2, 0) is 7.05 Å². The van der Waals surface area contributed by atoms with Crippen molar-refractivity contribution in [2.24, 2.45) is 7.05 Å². The second kappa shape index (κ2) is 5.24. The van der Waals surface area contributed by atoms with E-state index in [0.717, 1.165) is 0 Å². The first kappa shape index (κ1) is 13.3. The Balaban J connectivity index is 2.75. The highest BCUT2D eigenvalue weighted by atomic mass is 16.4. The van der Waals surface area contributed by atoms with Gasteiger partial charge in [-0.3, -0.25) is 4.68 Å². The van der Waals surface area contributed by atoms with Gasteiger partial charge in [0.15, 0.2) is 5.65 Å². The summed E-state index contributed by atoms with van der Waals surface area (Å²) in [6, 6.07) is 3.85. The molecule has 0 fully saturated rings. The molecule has 0 aliphatic carbocycles. The third-order valence-electron chi connectivity index (χ3n) is 2.80. The first-order valence-corrected chi connectivity index (χ1v) is 5.63. The summed E-state index contributed by atoms with van der Waals surface area (Å²) in [6.45, 7) is -0.191. The van der Waals surface area contributed by atoms with Gasteiger partial charge in [0.05, 0.1) is 29.4 Å². The van der Waals surface area contributed by atoms with E-state index >= 15 is 0 Å². The van der Waals surface area contributed by atoms with Gasteiger partial charge >= 0.3 is 5.97 Å². The third-order valence-corrected chi connectivity index (χ3v) is 2.80. The molecule has 0 saturated carbocycles. The Labute approximate surface area is 114 Å². The van der Waals surface area contributed by atoms with Crippen LogP contribution < -0.4 is 4.90 Å². The van der Waals surface area contributed by atoms with E-state index in [1.54, 1.807) is 7.05 Å². The van der Waals surface area contributed by atoms with E-state index in [-0.39, 0.29) is 18.7 Å². The zero-order valence-electron chi connectivity index (χ0n) is 10.6. The minimum Gasteiger partial charge on any atom is -0.478 e. The van der Waals surface area contributed by atoms with E-state index in [0.29, 0.717) is 16.7 Å². The SMILES string of the molecule is Cn1ncc2c(N(CC#N)CC#N)c(C(=O)O)cnc21. The highest BCUT2D eigenvalue weighted by Crippen LogP contribution is 2.29. The van der Waals surface area contributed by atoms with Crippen LogP contribution in [0.2, 0.25) is 0 Å². The zero-order valence-corrected chi connectivity index (χ0v) is 10.6. The molecule has 0 radical (unpaired) electrons. The Bertz CT molecular complexity index is 736. The average Bonchev–Trinajstić information content (AvgIpc) is 2.79.